The summed E-state index contributed by atoms with van der Waals surface area (Å²) in [5.74, 6) is -1.90. The van der Waals surface area contributed by atoms with Crippen LogP contribution in [0.25, 0.3) is 6.08 Å². The van der Waals surface area contributed by atoms with Crippen molar-refractivity contribution in [3.63, 3.8) is 0 Å². The van der Waals surface area contributed by atoms with Gasteiger partial charge < -0.3 is 29.3 Å². The van der Waals surface area contributed by atoms with Gasteiger partial charge in [-0.1, -0.05) is 32.5 Å². The third kappa shape index (κ3) is 5.45. The number of carbonyl (C=O) groups is 3. The molecule has 4 atom stereocenters. The van der Waals surface area contributed by atoms with E-state index in [2.05, 4.69) is 4.98 Å². The minimum Gasteiger partial charge on any atom is -0.434 e. The number of ether oxygens (including phenoxy) is 3. The molecule has 0 bridgehead atoms. The van der Waals surface area contributed by atoms with Gasteiger partial charge in [-0.3, -0.25) is 4.79 Å². The molecular formula is C22H28N2O8S2. The fourth-order valence-electron chi connectivity index (χ4n) is 3.85. The molecule has 1 aromatic rings. The zero-order valence-corrected chi connectivity index (χ0v) is 20.9. The molecule has 1 fully saturated rings. The Labute approximate surface area is 205 Å². The SMILES string of the molecule is CC(C)COC(=O)OCOC(=O)C1=C(SC=Cc2scnc2CO)[C@H](C)[C@@H]2[C@@H]([C@@H](C)O)C(=O)N12. The van der Waals surface area contributed by atoms with Crippen molar-refractivity contribution >= 4 is 47.2 Å². The molecule has 2 N–H and O–H groups in total. The van der Waals surface area contributed by atoms with Gasteiger partial charge in [0.05, 0.1) is 47.4 Å². The molecule has 0 aliphatic carbocycles. The van der Waals surface area contributed by atoms with Crippen LogP contribution in [-0.2, 0) is 30.4 Å². The van der Waals surface area contributed by atoms with E-state index >= 15 is 0 Å². The van der Waals surface area contributed by atoms with Gasteiger partial charge in [-0.05, 0) is 24.3 Å². The second-order valence-corrected chi connectivity index (χ2v) is 10.2. The molecule has 3 rings (SSSR count). The average Bonchev–Trinajstić information content (AvgIpc) is 3.32. The smallest absolute Gasteiger partial charge is 0.434 e. The Morgan fingerprint density at radius 3 is 2.68 bits per heavy atom. The van der Waals surface area contributed by atoms with Crippen LogP contribution in [0.15, 0.2) is 21.5 Å². The Kier molecular flexibility index (Phi) is 8.74. The van der Waals surface area contributed by atoms with Gasteiger partial charge in [0.1, 0.15) is 5.70 Å². The molecule has 0 spiro atoms. The van der Waals surface area contributed by atoms with E-state index in [1.807, 2.05) is 20.8 Å². The van der Waals surface area contributed by atoms with Crippen LogP contribution in [0.2, 0.25) is 0 Å². The molecule has 0 radical (unpaired) electrons. The number of thiazole rings is 1. The normalized spacial score (nSPS) is 22.7. The Morgan fingerprint density at radius 2 is 2.03 bits per heavy atom. The van der Waals surface area contributed by atoms with Crippen molar-refractivity contribution in [1.29, 1.82) is 0 Å². The summed E-state index contributed by atoms with van der Waals surface area (Å²) < 4.78 is 14.8. The number of aliphatic hydroxyl groups is 2. The fourth-order valence-corrected chi connectivity index (χ4v) is 5.62. The predicted molar refractivity (Wildman–Crippen MR) is 125 cm³/mol. The van der Waals surface area contributed by atoms with E-state index in [0.717, 1.165) is 4.88 Å². The van der Waals surface area contributed by atoms with Gasteiger partial charge in [0.15, 0.2) is 0 Å². The molecule has 12 heteroatoms. The first-order valence-electron chi connectivity index (χ1n) is 10.8. The lowest BCUT2D eigenvalue weighted by Gasteiger charge is -2.46. The van der Waals surface area contributed by atoms with Crippen LogP contribution in [-0.4, -0.2) is 63.7 Å². The topological polar surface area (TPSA) is 135 Å². The maximum absolute atomic E-state index is 12.9. The van der Waals surface area contributed by atoms with E-state index in [0.29, 0.717) is 10.6 Å². The largest absolute Gasteiger partial charge is 0.511 e. The van der Waals surface area contributed by atoms with Crippen molar-refractivity contribution < 1.29 is 38.8 Å². The number of amides is 1. The highest BCUT2D eigenvalue weighted by Gasteiger charge is 2.60. The van der Waals surface area contributed by atoms with Crippen LogP contribution < -0.4 is 0 Å². The Morgan fingerprint density at radius 1 is 1.29 bits per heavy atom. The lowest BCUT2D eigenvalue weighted by Crippen LogP contribution is -2.63. The summed E-state index contributed by atoms with van der Waals surface area (Å²) in [6.45, 7) is 6.49. The van der Waals surface area contributed by atoms with Crippen molar-refractivity contribution in [1.82, 2.24) is 9.88 Å². The van der Waals surface area contributed by atoms with Gasteiger partial charge in [0.25, 0.3) is 0 Å². The zero-order chi connectivity index (χ0) is 25.0. The fraction of sp³-hybridized carbons (Fsp3) is 0.545. The van der Waals surface area contributed by atoms with Crippen LogP contribution in [0, 0.1) is 17.8 Å². The van der Waals surface area contributed by atoms with Gasteiger partial charge >= 0.3 is 12.1 Å². The number of rotatable bonds is 10. The summed E-state index contributed by atoms with van der Waals surface area (Å²) in [7, 11) is 0. The number of esters is 1. The number of hydrogen-bond acceptors (Lipinski definition) is 11. The molecule has 0 saturated carbocycles. The summed E-state index contributed by atoms with van der Waals surface area (Å²) >= 11 is 2.61. The van der Waals surface area contributed by atoms with Crippen LogP contribution in [0.4, 0.5) is 4.79 Å². The van der Waals surface area contributed by atoms with E-state index in [1.165, 1.54) is 28.0 Å². The first kappa shape index (κ1) is 26.2. The maximum atomic E-state index is 12.9. The number of aliphatic hydroxyl groups excluding tert-OH is 2. The van der Waals surface area contributed by atoms with Gasteiger partial charge in [-0.15, -0.1) is 11.3 Å². The molecule has 10 nitrogen and oxygen atoms in total. The number of nitrogens with zero attached hydrogens (tertiary/aromatic N) is 2. The summed E-state index contributed by atoms with van der Waals surface area (Å²) in [5, 5.41) is 21.2. The predicted octanol–water partition coefficient (Wildman–Crippen LogP) is 2.72. The number of hydrogen-bond donors (Lipinski definition) is 2. The summed E-state index contributed by atoms with van der Waals surface area (Å²) in [6, 6.07) is -0.376. The lowest BCUT2D eigenvalue weighted by molar-refractivity contribution is -0.166. The molecule has 1 aromatic heterocycles. The quantitative estimate of drug-likeness (QED) is 0.274. The Hall–Kier alpha value is -2.41. The molecule has 0 aromatic carbocycles. The second kappa shape index (κ2) is 11.3. The second-order valence-electron chi connectivity index (χ2n) is 8.36. The Balaban J connectivity index is 1.74. The summed E-state index contributed by atoms with van der Waals surface area (Å²) in [6.07, 6.45) is -0.0469. The number of carbonyl (C=O) groups excluding carboxylic acids is 3. The third-order valence-corrected chi connectivity index (χ3v) is 7.37. The molecule has 0 unspecified atom stereocenters. The minimum absolute atomic E-state index is 0.0693. The molecule has 1 amide bonds. The highest BCUT2D eigenvalue weighted by atomic mass is 32.2. The van der Waals surface area contributed by atoms with Gasteiger partial charge in [0, 0.05) is 10.8 Å². The van der Waals surface area contributed by atoms with Crippen molar-refractivity contribution in [3.05, 3.63) is 32.1 Å². The third-order valence-electron chi connectivity index (χ3n) is 5.44. The van der Waals surface area contributed by atoms with Gasteiger partial charge in [-0.2, -0.15) is 0 Å². The van der Waals surface area contributed by atoms with Crippen molar-refractivity contribution in [3.8, 4) is 0 Å². The van der Waals surface area contributed by atoms with E-state index in [1.54, 1.807) is 23.9 Å². The first-order valence-corrected chi connectivity index (χ1v) is 12.5. The van der Waals surface area contributed by atoms with E-state index in [-0.39, 0.29) is 42.7 Å². The van der Waals surface area contributed by atoms with Gasteiger partial charge in [-0.25, -0.2) is 14.6 Å². The molecule has 1 saturated heterocycles. The van der Waals surface area contributed by atoms with Crippen LogP contribution in [0.5, 0.6) is 0 Å². The number of aromatic nitrogens is 1. The van der Waals surface area contributed by atoms with Crippen molar-refractivity contribution in [2.45, 2.75) is 46.4 Å². The highest BCUT2D eigenvalue weighted by Crippen LogP contribution is 2.51. The first-order chi connectivity index (χ1) is 16.2. The maximum Gasteiger partial charge on any atom is 0.511 e. The standard InChI is InChI=1S/C22H28N2O8S2/c1-11(2)8-30-22(29)32-10-31-21(28)18-19(33-6-5-15-14(7-25)23-9-34-15)12(3)17-16(13(4)26)20(27)24(17)18/h5-6,9,11-13,16-17,25-26H,7-8,10H2,1-4H3/t12-,13-,16-,17-/m1/s1. The number of β-lactam (4-membered cyclic amide) rings is 1. The molecule has 34 heavy (non-hydrogen) atoms. The number of fused-ring (bicyclic) bond motifs is 1. The zero-order valence-electron chi connectivity index (χ0n) is 19.3. The summed E-state index contributed by atoms with van der Waals surface area (Å²) in [4.78, 5) is 44.0. The van der Waals surface area contributed by atoms with Crippen LogP contribution >= 0.6 is 23.1 Å². The summed E-state index contributed by atoms with van der Waals surface area (Å²) in [5.41, 5.74) is 2.24. The van der Waals surface area contributed by atoms with E-state index < -0.39 is 30.9 Å². The lowest BCUT2D eigenvalue weighted by atomic mass is 9.79. The highest BCUT2D eigenvalue weighted by molar-refractivity contribution is 8.06. The Bertz CT molecular complexity index is 987. The number of thioether (sulfide) groups is 1. The molecule has 2 aliphatic heterocycles. The van der Waals surface area contributed by atoms with Crippen LogP contribution in [0.3, 0.4) is 0 Å². The van der Waals surface area contributed by atoms with E-state index in [4.69, 9.17) is 14.2 Å². The van der Waals surface area contributed by atoms with Crippen molar-refractivity contribution in [2.24, 2.45) is 17.8 Å². The van der Waals surface area contributed by atoms with Crippen LogP contribution in [0.1, 0.15) is 38.3 Å². The van der Waals surface area contributed by atoms with Gasteiger partial charge in [0.2, 0.25) is 12.7 Å². The molecule has 186 valence electrons. The van der Waals surface area contributed by atoms with Crippen molar-refractivity contribution in [2.75, 3.05) is 13.4 Å². The molecular weight excluding hydrogens is 484 g/mol. The molecule has 3 heterocycles. The molecule has 2 aliphatic rings. The monoisotopic (exact) mass is 512 g/mol. The van der Waals surface area contributed by atoms with E-state index in [9.17, 15) is 24.6 Å². The average molecular weight is 513 g/mol. The minimum atomic E-state index is -0.955.